The molecule has 1 spiro atoms. The lowest BCUT2D eigenvalue weighted by molar-refractivity contribution is -0.150. The Morgan fingerprint density at radius 1 is 1.25 bits per heavy atom. The molecule has 0 aromatic heterocycles. The van der Waals surface area contributed by atoms with Gasteiger partial charge in [0.05, 0.1) is 6.10 Å². The van der Waals surface area contributed by atoms with Gasteiger partial charge in [-0.1, -0.05) is 19.3 Å². The van der Waals surface area contributed by atoms with Gasteiger partial charge in [0, 0.05) is 31.3 Å². The Balaban J connectivity index is 1.48. The highest BCUT2D eigenvalue weighted by molar-refractivity contribution is 5.08. The highest BCUT2D eigenvalue weighted by Crippen LogP contribution is 2.53. The Morgan fingerprint density at radius 2 is 2.10 bits per heavy atom. The number of nitrogens with one attached hydrogen (secondary N) is 1. The van der Waals surface area contributed by atoms with Crippen LogP contribution in [0.4, 0.5) is 0 Å². The minimum absolute atomic E-state index is 0.473. The van der Waals surface area contributed by atoms with Crippen molar-refractivity contribution < 1.29 is 9.47 Å². The molecule has 1 aliphatic heterocycles. The van der Waals surface area contributed by atoms with E-state index in [-0.39, 0.29) is 0 Å². The molecule has 0 amide bonds. The van der Waals surface area contributed by atoms with Crippen LogP contribution < -0.4 is 5.32 Å². The number of hydrogen-bond acceptors (Lipinski definition) is 3. The van der Waals surface area contributed by atoms with E-state index >= 15 is 0 Å². The van der Waals surface area contributed by atoms with Crippen molar-refractivity contribution in [2.24, 2.45) is 11.3 Å². The fraction of sp³-hybridized carbons (Fsp3) is 1.00. The third-order valence-corrected chi connectivity index (χ3v) is 5.90. The Hall–Kier alpha value is -0.120. The fourth-order valence-electron chi connectivity index (χ4n) is 4.62. The lowest BCUT2D eigenvalue weighted by atomic mass is 9.55. The molecule has 20 heavy (non-hydrogen) atoms. The van der Waals surface area contributed by atoms with Crippen LogP contribution in [0.1, 0.15) is 58.3 Å². The van der Waals surface area contributed by atoms with E-state index < -0.39 is 0 Å². The van der Waals surface area contributed by atoms with E-state index in [9.17, 15) is 0 Å². The molecule has 0 bridgehead atoms. The van der Waals surface area contributed by atoms with Gasteiger partial charge in [0.15, 0.2) is 0 Å². The minimum atomic E-state index is 0.473. The number of hydrogen-bond donors (Lipinski definition) is 1. The van der Waals surface area contributed by atoms with Gasteiger partial charge in [-0.25, -0.2) is 0 Å². The largest absolute Gasteiger partial charge is 0.381 e. The number of ether oxygens (including phenoxy) is 2. The van der Waals surface area contributed by atoms with Crippen molar-refractivity contribution in [1.29, 1.82) is 0 Å². The lowest BCUT2D eigenvalue weighted by Gasteiger charge is -2.58. The quantitative estimate of drug-likeness (QED) is 0.811. The molecule has 3 rings (SSSR count). The van der Waals surface area contributed by atoms with Crippen molar-refractivity contribution in [3.05, 3.63) is 0 Å². The van der Waals surface area contributed by atoms with Gasteiger partial charge < -0.3 is 14.8 Å². The maximum atomic E-state index is 6.02. The van der Waals surface area contributed by atoms with Crippen molar-refractivity contribution in [2.75, 3.05) is 26.4 Å². The summed E-state index contributed by atoms with van der Waals surface area (Å²) in [6.45, 7) is 6.14. The van der Waals surface area contributed by atoms with Crippen LogP contribution in [-0.4, -0.2) is 38.5 Å². The van der Waals surface area contributed by atoms with Gasteiger partial charge in [-0.3, -0.25) is 0 Å². The molecular weight excluding hydrogens is 250 g/mol. The molecule has 1 saturated heterocycles. The smallest absolute Gasteiger partial charge is 0.0661 e. The molecule has 1 heterocycles. The zero-order chi connectivity index (χ0) is 13.8. The summed E-state index contributed by atoms with van der Waals surface area (Å²) < 4.78 is 11.5. The highest BCUT2D eigenvalue weighted by atomic mass is 16.5. The van der Waals surface area contributed by atoms with Crippen LogP contribution >= 0.6 is 0 Å². The second-order valence-electron chi connectivity index (χ2n) is 7.00. The van der Waals surface area contributed by atoms with Gasteiger partial charge in [-0.15, -0.1) is 0 Å². The predicted molar refractivity (Wildman–Crippen MR) is 80.9 cm³/mol. The summed E-state index contributed by atoms with van der Waals surface area (Å²) in [6, 6.07) is 0.710. The van der Waals surface area contributed by atoms with Crippen LogP contribution in [0.2, 0.25) is 0 Å². The van der Waals surface area contributed by atoms with Crippen molar-refractivity contribution >= 4 is 0 Å². The topological polar surface area (TPSA) is 30.5 Å². The monoisotopic (exact) mass is 281 g/mol. The summed E-state index contributed by atoms with van der Waals surface area (Å²) in [6.07, 6.45) is 11.3. The maximum absolute atomic E-state index is 6.02. The first kappa shape index (κ1) is 14.8. The van der Waals surface area contributed by atoms with Crippen LogP contribution in [0, 0.1) is 11.3 Å². The molecule has 3 atom stereocenters. The highest BCUT2D eigenvalue weighted by Gasteiger charge is 2.55. The SMILES string of the molecule is CCOC1CC(NCCC2CCOC2)C12CCCCC2. The molecular formula is C17H31NO2. The summed E-state index contributed by atoms with van der Waals surface area (Å²) in [4.78, 5) is 0. The van der Waals surface area contributed by atoms with E-state index in [4.69, 9.17) is 9.47 Å². The third-order valence-electron chi connectivity index (χ3n) is 5.90. The van der Waals surface area contributed by atoms with Crippen molar-refractivity contribution in [2.45, 2.75) is 70.4 Å². The maximum Gasteiger partial charge on any atom is 0.0661 e. The first-order chi connectivity index (χ1) is 9.85. The summed E-state index contributed by atoms with van der Waals surface area (Å²) in [5.41, 5.74) is 0.473. The normalized spacial score (nSPS) is 36.1. The molecule has 3 fully saturated rings. The predicted octanol–water partition coefficient (Wildman–Crippen LogP) is 3.13. The van der Waals surface area contributed by atoms with Gasteiger partial charge in [0.2, 0.25) is 0 Å². The Kier molecular flexibility index (Phi) is 5.00. The molecule has 3 heteroatoms. The van der Waals surface area contributed by atoms with Crippen LogP contribution in [-0.2, 0) is 9.47 Å². The molecule has 3 aliphatic rings. The zero-order valence-electron chi connectivity index (χ0n) is 13.0. The van der Waals surface area contributed by atoms with Gasteiger partial charge in [-0.05, 0) is 51.5 Å². The van der Waals surface area contributed by atoms with Crippen LogP contribution in [0.3, 0.4) is 0 Å². The molecule has 0 aromatic rings. The second kappa shape index (κ2) is 6.76. The van der Waals surface area contributed by atoms with Crippen molar-refractivity contribution in [1.82, 2.24) is 5.32 Å². The molecule has 3 unspecified atom stereocenters. The van der Waals surface area contributed by atoms with Crippen LogP contribution in [0.5, 0.6) is 0 Å². The Morgan fingerprint density at radius 3 is 2.80 bits per heavy atom. The Labute approximate surface area is 123 Å². The second-order valence-corrected chi connectivity index (χ2v) is 7.00. The number of rotatable bonds is 6. The van der Waals surface area contributed by atoms with E-state index in [0.717, 1.165) is 25.7 Å². The summed E-state index contributed by atoms with van der Waals surface area (Å²) in [7, 11) is 0. The molecule has 0 aromatic carbocycles. The summed E-state index contributed by atoms with van der Waals surface area (Å²) in [5, 5.41) is 3.86. The van der Waals surface area contributed by atoms with Gasteiger partial charge in [0.1, 0.15) is 0 Å². The van der Waals surface area contributed by atoms with Crippen LogP contribution in [0.25, 0.3) is 0 Å². The molecule has 116 valence electrons. The van der Waals surface area contributed by atoms with Gasteiger partial charge in [-0.2, -0.15) is 0 Å². The van der Waals surface area contributed by atoms with Gasteiger partial charge in [0.25, 0.3) is 0 Å². The Bertz CT molecular complexity index is 295. The lowest BCUT2D eigenvalue weighted by Crippen LogP contribution is -2.64. The molecule has 2 aliphatic carbocycles. The van der Waals surface area contributed by atoms with E-state index in [0.29, 0.717) is 17.6 Å². The van der Waals surface area contributed by atoms with Crippen molar-refractivity contribution in [3.63, 3.8) is 0 Å². The molecule has 0 radical (unpaired) electrons. The summed E-state index contributed by atoms with van der Waals surface area (Å²) >= 11 is 0. The van der Waals surface area contributed by atoms with Crippen molar-refractivity contribution in [3.8, 4) is 0 Å². The van der Waals surface area contributed by atoms with E-state index in [2.05, 4.69) is 12.2 Å². The molecule has 2 saturated carbocycles. The van der Waals surface area contributed by atoms with Gasteiger partial charge >= 0.3 is 0 Å². The standard InChI is InChI=1S/C17H31NO2/c1-2-20-16-12-15(17(16)8-4-3-5-9-17)18-10-6-14-7-11-19-13-14/h14-16,18H,2-13H2,1H3. The van der Waals surface area contributed by atoms with E-state index in [1.165, 1.54) is 57.9 Å². The first-order valence-corrected chi connectivity index (χ1v) is 8.78. The zero-order valence-corrected chi connectivity index (χ0v) is 13.0. The average molecular weight is 281 g/mol. The van der Waals surface area contributed by atoms with E-state index in [1.54, 1.807) is 0 Å². The van der Waals surface area contributed by atoms with Crippen LogP contribution in [0.15, 0.2) is 0 Å². The molecule has 3 nitrogen and oxygen atoms in total. The first-order valence-electron chi connectivity index (χ1n) is 8.78. The average Bonchev–Trinajstić information content (AvgIpc) is 3.00. The fourth-order valence-corrected chi connectivity index (χ4v) is 4.62. The minimum Gasteiger partial charge on any atom is -0.381 e. The molecule has 1 N–H and O–H groups in total. The third kappa shape index (κ3) is 2.90. The van der Waals surface area contributed by atoms with E-state index in [1.807, 2.05) is 0 Å². The summed E-state index contributed by atoms with van der Waals surface area (Å²) in [5.74, 6) is 0.799.